The summed E-state index contributed by atoms with van der Waals surface area (Å²) in [5, 5.41) is 0. The minimum absolute atomic E-state index is 0.0801. The summed E-state index contributed by atoms with van der Waals surface area (Å²) in [6.07, 6.45) is 0. The Morgan fingerprint density at radius 1 is 1.16 bits per heavy atom. The lowest BCUT2D eigenvalue weighted by atomic mass is 10.2. The lowest BCUT2D eigenvalue weighted by molar-refractivity contribution is -0.139. The molecule has 0 heterocycles. The number of hydrogen-bond acceptors (Lipinski definition) is 5. The summed E-state index contributed by atoms with van der Waals surface area (Å²) in [5.74, 6) is 4.47. The van der Waals surface area contributed by atoms with Gasteiger partial charge in [0.1, 0.15) is 6.61 Å². The molecule has 1 aromatic rings. The molecule has 0 aliphatic heterocycles. The molecule has 102 valence electrons. The summed E-state index contributed by atoms with van der Waals surface area (Å²) >= 11 is 0. The molecule has 0 amide bonds. The lowest BCUT2D eigenvalue weighted by Crippen LogP contribution is -2.06. The van der Waals surface area contributed by atoms with Crippen molar-refractivity contribution in [1.82, 2.24) is 0 Å². The van der Waals surface area contributed by atoms with Gasteiger partial charge in [-0.15, -0.1) is 0 Å². The van der Waals surface area contributed by atoms with Gasteiger partial charge in [0, 0.05) is 6.92 Å². The number of rotatable bonds is 4. The highest BCUT2D eigenvalue weighted by molar-refractivity contribution is 7.86. The third-order valence-corrected chi connectivity index (χ3v) is 3.35. The van der Waals surface area contributed by atoms with Crippen LogP contribution >= 0.6 is 0 Å². The first-order valence-corrected chi connectivity index (χ1v) is 6.88. The van der Waals surface area contributed by atoms with Crippen molar-refractivity contribution < 1.29 is 22.1 Å². The van der Waals surface area contributed by atoms with Crippen LogP contribution in [0.5, 0.6) is 0 Å². The topological polar surface area (TPSA) is 69.7 Å². The van der Waals surface area contributed by atoms with Gasteiger partial charge in [0.15, 0.2) is 6.61 Å². The first-order chi connectivity index (χ1) is 8.92. The molecule has 0 aliphatic rings. The molecule has 0 spiro atoms. The van der Waals surface area contributed by atoms with E-state index < -0.39 is 16.1 Å². The van der Waals surface area contributed by atoms with Gasteiger partial charge in [0.2, 0.25) is 0 Å². The van der Waals surface area contributed by atoms with E-state index in [9.17, 15) is 13.2 Å². The fourth-order valence-electron chi connectivity index (χ4n) is 1.12. The quantitative estimate of drug-likeness (QED) is 0.472. The highest BCUT2D eigenvalue weighted by Crippen LogP contribution is 2.12. The number of aryl methyl sites for hydroxylation is 1. The third-order valence-electron chi connectivity index (χ3n) is 2.07. The SMILES string of the molecule is CC(=O)OCC#CCOS(=O)(=O)c1ccc(C)cc1. The highest BCUT2D eigenvalue weighted by Gasteiger charge is 2.13. The van der Waals surface area contributed by atoms with E-state index in [4.69, 9.17) is 4.18 Å². The largest absolute Gasteiger partial charge is 0.453 e. The van der Waals surface area contributed by atoms with Gasteiger partial charge in [-0.3, -0.25) is 8.98 Å². The molecule has 0 bridgehead atoms. The van der Waals surface area contributed by atoms with Crippen molar-refractivity contribution in [2.75, 3.05) is 13.2 Å². The van der Waals surface area contributed by atoms with Crippen molar-refractivity contribution in [3.63, 3.8) is 0 Å². The number of carbonyl (C=O) groups is 1. The zero-order valence-electron chi connectivity index (χ0n) is 10.7. The predicted octanol–water partition coefficient (Wildman–Crippen LogP) is 1.27. The van der Waals surface area contributed by atoms with Gasteiger partial charge in [-0.1, -0.05) is 29.5 Å². The Labute approximate surface area is 112 Å². The molecule has 0 unspecified atom stereocenters. The molecular weight excluding hydrogens is 268 g/mol. The number of hydrogen-bond donors (Lipinski definition) is 0. The normalized spacial score (nSPS) is 10.4. The van der Waals surface area contributed by atoms with E-state index in [1.165, 1.54) is 19.1 Å². The van der Waals surface area contributed by atoms with E-state index in [1.807, 2.05) is 6.92 Å². The third kappa shape index (κ3) is 5.55. The Bertz CT molecular complexity index is 590. The molecule has 0 saturated carbocycles. The van der Waals surface area contributed by atoms with Crippen LogP contribution in [0.3, 0.4) is 0 Å². The zero-order chi connectivity index (χ0) is 14.3. The Kier molecular flexibility index (Phi) is 5.55. The average molecular weight is 282 g/mol. The first kappa shape index (κ1) is 15.2. The van der Waals surface area contributed by atoms with E-state index in [2.05, 4.69) is 16.6 Å². The van der Waals surface area contributed by atoms with Crippen LogP contribution in [0.25, 0.3) is 0 Å². The van der Waals surface area contributed by atoms with Crippen LogP contribution in [0.15, 0.2) is 29.2 Å². The van der Waals surface area contributed by atoms with Crippen molar-refractivity contribution in [2.24, 2.45) is 0 Å². The van der Waals surface area contributed by atoms with Crippen LogP contribution in [-0.4, -0.2) is 27.6 Å². The number of ether oxygens (including phenoxy) is 1. The number of benzene rings is 1. The van der Waals surface area contributed by atoms with Gasteiger partial charge in [-0.25, -0.2) is 0 Å². The van der Waals surface area contributed by atoms with Crippen LogP contribution in [0.1, 0.15) is 12.5 Å². The van der Waals surface area contributed by atoms with Gasteiger partial charge >= 0.3 is 5.97 Å². The lowest BCUT2D eigenvalue weighted by Gasteiger charge is -2.02. The van der Waals surface area contributed by atoms with Gasteiger partial charge in [-0.2, -0.15) is 8.42 Å². The van der Waals surface area contributed by atoms with Crippen LogP contribution < -0.4 is 0 Å². The summed E-state index contributed by atoms with van der Waals surface area (Å²) in [6.45, 7) is 2.76. The van der Waals surface area contributed by atoms with Crippen LogP contribution in [0.4, 0.5) is 0 Å². The molecule has 0 fully saturated rings. The predicted molar refractivity (Wildman–Crippen MR) is 68.7 cm³/mol. The molecule has 0 aromatic heterocycles. The van der Waals surface area contributed by atoms with E-state index in [-0.39, 0.29) is 18.1 Å². The maximum atomic E-state index is 11.7. The van der Waals surface area contributed by atoms with Crippen LogP contribution in [0.2, 0.25) is 0 Å². The van der Waals surface area contributed by atoms with Gasteiger partial charge < -0.3 is 4.74 Å². The van der Waals surface area contributed by atoms with E-state index >= 15 is 0 Å². The standard InChI is InChI=1S/C13H14O5S/c1-11-5-7-13(8-6-11)19(15,16)18-10-4-3-9-17-12(2)14/h5-8H,9-10H2,1-2H3. The smallest absolute Gasteiger partial charge is 0.303 e. The van der Waals surface area contributed by atoms with Crippen LogP contribution in [0, 0.1) is 18.8 Å². The van der Waals surface area contributed by atoms with Crippen molar-refractivity contribution in [3.8, 4) is 11.8 Å². The Morgan fingerprint density at radius 3 is 2.32 bits per heavy atom. The summed E-state index contributed by atoms with van der Waals surface area (Å²) in [6, 6.07) is 6.30. The van der Waals surface area contributed by atoms with Crippen LogP contribution in [-0.2, 0) is 23.8 Å². The van der Waals surface area contributed by atoms with Crippen molar-refractivity contribution in [2.45, 2.75) is 18.7 Å². The first-order valence-electron chi connectivity index (χ1n) is 5.47. The fraction of sp³-hybridized carbons (Fsp3) is 0.308. The minimum atomic E-state index is -3.79. The summed E-state index contributed by atoms with van der Waals surface area (Å²) in [7, 11) is -3.79. The molecule has 0 N–H and O–H groups in total. The molecule has 0 atom stereocenters. The monoisotopic (exact) mass is 282 g/mol. The van der Waals surface area contributed by atoms with Gasteiger partial charge in [0.25, 0.3) is 10.1 Å². The average Bonchev–Trinajstić information content (AvgIpc) is 2.34. The van der Waals surface area contributed by atoms with E-state index in [1.54, 1.807) is 12.1 Å². The Morgan fingerprint density at radius 2 is 1.74 bits per heavy atom. The minimum Gasteiger partial charge on any atom is -0.453 e. The molecule has 0 radical (unpaired) electrons. The maximum Gasteiger partial charge on any atom is 0.303 e. The number of esters is 1. The summed E-state index contributed by atoms with van der Waals surface area (Å²) < 4.78 is 32.7. The molecule has 1 aromatic carbocycles. The maximum absolute atomic E-state index is 11.7. The Balaban J connectivity index is 2.52. The van der Waals surface area contributed by atoms with Gasteiger partial charge in [-0.05, 0) is 19.1 Å². The second-order valence-corrected chi connectivity index (χ2v) is 5.28. The fourth-order valence-corrected chi connectivity index (χ4v) is 1.94. The molecule has 0 saturated heterocycles. The molecule has 6 heteroatoms. The zero-order valence-corrected chi connectivity index (χ0v) is 11.5. The molecule has 5 nitrogen and oxygen atoms in total. The molecular formula is C13H14O5S. The molecule has 19 heavy (non-hydrogen) atoms. The highest BCUT2D eigenvalue weighted by atomic mass is 32.2. The number of carbonyl (C=O) groups excluding carboxylic acids is 1. The van der Waals surface area contributed by atoms with E-state index in [0.717, 1.165) is 5.56 Å². The summed E-state index contributed by atoms with van der Waals surface area (Å²) in [4.78, 5) is 10.5. The molecule has 1 rings (SSSR count). The van der Waals surface area contributed by atoms with E-state index in [0.29, 0.717) is 0 Å². The van der Waals surface area contributed by atoms with Gasteiger partial charge in [0.05, 0.1) is 4.90 Å². The van der Waals surface area contributed by atoms with Crippen molar-refractivity contribution >= 4 is 16.1 Å². The second kappa shape index (κ2) is 6.92. The second-order valence-electron chi connectivity index (χ2n) is 3.66. The van der Waals surface area contributed by atoms with Crippen molar-refractivity contribution in [3.05, 3.63) is 29.8 Å². The Hall–Kier alpha value is -1.84. The summed E-state index contributed by atoms with van der Waals surface area (Å²) in [5.41, 5.74) is 0.958. The molecule has 0 aliphatic carbocycles. The van der Waals surface area contributed by atoms with Crippen molar-refractivity contribution in [1.29, 1.82) is 0 Å².